The number of hydrogen-bond acceptors (Lipinski definition) is 5. The molecule has 1 aromatic carbocycles. The van der Waals surface area contributed by atoms with Crippen LogP contribution in [0.4, 0.5) is 5.69 Å². The SMILES string of the molecule is Cc1cc(Cl)ccc1NC(=O)C(C)Sc1nncs1. The van der Waals surface area contributed by atoms with Crippen LogP contribution in [0.15, 0.2) is 28.0 Å². The Balaban J connectivity index is 2.00. The summed E-state index contributed by atoms with van der Waals surface area (Å²) in [6.45, 7) is 3.75. The molecular weight excluding hydrogens is 302 g/mol. The van der Waals surface area contributed by atoms with Crippen LogP contribution in [0.5, 0.6) is 0 Å². The van der Waals surface area contributed by atoms with Crippen molar-refractivity contribution in [2.75, 3.05) is 5.32 Å². The molecule has 2 rings (SSSR count). The van der Waals surface area contributed by atoms with Gasteiger partial charge in [0.15, 0.2) is 4.34 Å². The molecule has 2 aromatic rings. The lowest BCUT2D eigenvalue weighted by molar-refractivity contribution is -0.115. The fraction of sp³-hybridized carbons (Fsp3) is 0.250. The lowest BCUT2D eigenvalue weighted by atomic mass is 10.2. The van der Waals surface area contributed by atoms with Crippen molar-refractivity contribution in [1.82, 2.24) is 10.2 Å². The van der Waals surface area contributed by atoms with E-state index in [-0.39, 0.29) is 11.2 Å². The highest BCUT2D eigenvalue weighted by molar-refractivity contribution is 8.02. The van der Waals surface area contributed by atoms with E-state index < -0.39 is 0 Å². The lowest BCUT2D eigenvalue weighted by Gasteiger charge is -2.12. The van der Waals surface area contributed by atoms with E-state index in [1.54, 1.807) is 17.6 Å². The third-order valence-corrected chi connectivity index (χ3v) is 4.58. The first-order valence-corrected chi connectivity index (χ1v) is 7.70. The van der Waals surface area contributed by atoms with Gasteiger partial charge in [-0.05, 0) is 37.6 Å². The van der Waals surface area contributed by atoms with Crippen LogP contribution in [0.3, 0.4) is 0 Å². The number of aryl methyl sites for hydroxylation is 1. The second-order valence-corrected chi connectivity index (χ2v) is 6.77. The molecule has 0 bridgehead atoms. The molecule has 0 radical (unpaired) electrons. The van der Waals surface area contributed by atoms with Crippen LogP contribution in [0.2, 0.25) is 5.02 Å². The molecule has 1 amide bonds. The Morgan fingerprint density at radius 3 is 2.95 bits per heavy atom. The second kappa shape index (κ2) is 6.36. The number of nitrogens with one attached hydrogen (secondary N) is 1. The molecule has 0 aliphatic rings. The summed E-state index contributed by atoms with van der Waals surface area (Å²) in [7, 11) is 0. The predicted molar refractivity (Wildman–Crippen MR) is 80.0 cm³/mol. The molecule has 1 unspecified atom stereocenters. The quantitative estimate of drug-likeness (QED) is 0.876. The zero-order valence-electron chi connectivity index (χ0n) is 10.4. The van der Waals surface area contributed by atoms with Gasteiger partial charge in [-0.15, -0.1) is 10.2 Å². The van der Waals surface area contributed by atoms with Gasteiger partial charge in [-0.2, -0.15) is 0 Å². The molecule has 0 aliphatic carbocycles. The Morgan fingerprint density at radius 2 is 2.32 bits per heavy atom. The van der Waals surface area contributed by atoms with Gasteiger partial charge in [0.25, 0.3) is 0 Å². The fourth-order valence-electron chi connectivity index (χ4n) is 1.42. The molecule has 19 heavy (non-hydrogen) atoms. The van der Waals surface area contributed by atoms with Crippen molar-refractivity contribution in [3.05, 3.63) is 34.3 Å². The summed E-state index contributed by atoms with van der Waals surface area (Å²) in [6.07, 6.45) is 0. The van der Waals surface area contributed by atoms with Crippen molar-refractivity contribution in [1.29, 1.82) is 0 Å². The standard InChI is InChI=1S/C12H12ClN3OS2/c1-7-5-9(13)3-4-10(7)15-11(17)8(2)19-12-16-14-6-18-12/h3-6,8H,1-2H3,(H,15,17). The van der Waals surface area contributed by atoms with Gasteiger partial charge in [0.1, 0.15) is 5.51 Å². The van der Waals surface area contributed by atoms with Crippen molar-refractivity contribution in [2.24, 2.45) is 0 Å². The number of carbonyl (C=O) groups is 1. The third-order valence-electron chi connectivity index (χ3n) is 2.43. The van der Waals surface area contributed by atoms with E-state index in [1.165, 1.54) is 23.1 Å². The van der Waals surface area contributed by atoms with E-state index >= 15 is 0 Å². The largest absolute Gasteiger partial charge is 0.325 e. The molecule has 0 saturated heterocycles. The van der Waals surface area contributed by atoms with Gasteiger partial charge in [0.2, 0.25) is 5.91 Å². The maximum atomic E-state index is 12.1. The van der Waals surface area contributed by atoms with Crippen LogP contribution in [0, 0.1) is 6.92 Å². The molecule has 1 N–H and O–H groups in total. The zero-order chi connectivity index (χ0) is 13.8. The van der Waals surface area contributed by atoms with Crippen molar-refractivity contribution < 1.29 is 4.79 Å². The monoisotopic (exact) mass is 313 g/mol. The minimum Gasteiger partial charge on any atom is -0.325 e. The number of rotatable bonds is 4. The number of halogens is 1. The number of carbonyl (C=O) groups excluding carboxylic acids is 1. The van der Waals surface area contributed by atoms with E-state index in [2.05, 4.69) is 15.5 Å². The normalized spacial score (nSPS) is 12.2. The first-order chi connectivity index (χ1) is 9.06. The predicted octanol–water partition coefficient (Wildman–Crippen LogP) is 3.62. The Bertz CT molecular complexity index is 574. The molecule has 1 heterocycles. The van der Waals surface area contributed by atoms with Crippen molar-refractivity contribution >= 4 is 46.3 Å². The number of hydrogen-bond donors (Lipinski definition) is 1. The minimum atomic E-state index is -0.233. The highest BCUT2D eigenvalue weighted by Crippen LogP contribution is 2.26. The molecule has 1 aromatic heterocycles. The van der Waals surface area contributed by atoms with Crippen molar-refractivity contribution in [3.63, 3.8) is 0 Å². The van der Waals surface area contributed by atoms with E-state index in [4.69, 9.17) is 11.6 Å². The molecule has 0 aliphatic heterocycles. The minimum absolute atomic E-state index is 0.0642. The van der Waals surface area contributed by atoms with Crippen LogP contribution in [-0.2, 0) is 4.79 Å². The smallest absolute Gasteiger partial charge is 0.237 e. The van der Waals surface area contributed by atoms with Gasteiger partial charge in [-0.3, -0.25) is 4.79 Å². The average molecular weight is 314 g/mol. The van der Waals surface area contributed by atoms with Gasteiger partial charge in [-0.25, -0.2) is 0 Å². The maximum absolute atomic E-state index is 12.1. The van der Waals surface area contributed by atoms with Gasteiger partial charge < -0.3 is 5.32 Å². The number of anilines is 1. The third kappa shape index (κ3) is 3.92. The van der Waals surface area contributed by atoms with Crippen LogP contribution in [0.1, 0.15) is 12.5 Å². The zero-order valence-corrected chi connectivity index (χ0v) is 12.8. The molecule has 0 spiro atoms. The highest BCUT2D eigenvalue weighted by atomic mass is 35.5. The van der Waals surface area contributed by atoms with Crippen LogP contribution < -0.4 is 5.32 Å². The molecule has 0 fully saturated rings. The van der Waals surface area contributed by atoms with Gasteiger partial charge >= 0.3 is 0 Å². The van der Waals surface area contributed by atoms with Gasteiger partial charge in [0, 0.05) is 10.7 Å². The summed E-state index contributed by atoms with van der Waals surface area (Å²) in [5.41, 5.74) is 3.36. The fourth-order valence-corrected chi connectivity index (χ4v) is 3.27. The number of benzene rings is 1. The second-order valence-electron chi connectivity index (χ2n) is 3.91. The summed E-state index contributed by atoms with van der Waals surface area (Å²) >= 11 is 8.70. The number of thioether (sulfide) groups is 1. The van der Waals surface area contributed by atoms with Crippen molar-refractivity contribution in [3.8, 4) is 0 Å². The van der Waals surface area contributed by atoms with E-state index in [0.717, 1.165) is 15.6 Å². The molecule has 1 atom stereocenters. The topological polar surface area (TPSA) is 54.9 Å². The maximum Gasteiger partial charge on any atom is 0.237 e. The Hall–Kier alpha value is -1.11. The summed E-state index contributed by atoms with van der Waals surface area (Å²) in [5, 5.41) is 11.0. The molecular formula is C12H12ClN3OS2. The molecule has 4 nitrogen and oxygen atoms in total. The molecule has 100 valence electrons. The van der Waals surface area contributed by atoms with Gasteiger partial charge in [0.05, 0.1) is 5.25 Å². The van der Waals surface area contributed by atoms with E-state index in [0.29, 0.717) is 5.02 Å². The number of aromatic nitrogens is 2. The summed E-state index contributed by atoms with van der Waals surface area (Å²) in [5.74, 6) is -0.0642. The number of nitrogens with zero attached hydrogens (tertiary/aromatic N) is 2. The Morgan fingerprint density at radius 1 is 1.53 bits per heavy atom. The first kappa shape index (κ1) is 14.3. The first-order valence-electron chi connectivity index (χ1n) is 5.56. The van der Waals surface area contributed by atoms with E-state index in [1.807, 2.05) is 19.9 Å². The van der Waals surface area contributed by atoms with Gasteiger partial charge in [-0.1, -0.05) is 34.7 Å². The Kier molecular flexibility index (Phi) is 4.79. The summed E-state index contributed by atoms with van der Waals surface area (Å²) < 4.78 is 0.787. The van der Waals surface area contributed by atoms with E-state index in [9.17, 15) is 4.79 Å². The summed E-state index contributed by atoms with van der Waals surface area (Å²) in [6, 6.07) is 5.38. The molecule has 7 heteroatoms. The van der Waals surface area contributed by atoms with Crippen LogP contribution in [-0.4, -0.2) is 21.4 Å². The highest BCUT2D eigenvalue weighted by Gasteiger charge is 2.16. The lowest BCUT2D eigenvalue weighted by Crippen LogP contribution is -2.22. The molecule has 0 saturated carbocycles. The van der Waals surface area contributed by atoms with Crippen molar-refractivity contribution in [2.45, 2.75) is 23.4 Å². The Labute approximate surface area is 124 Å². The van der Waals surface area contributed by atoms with Crippen LogP contribution in [0.25, 0.3) is 0 Å². The average Bonchev–Trinajstić information content (AvgIpc) is 2.85. The number of amides is 1. The van der Waals surface area contributed by atoms with Crippen LogP contribution >= 0.6 is 34.7 Å². The summed E-state index contributed by atoms with van der Waals surface area (Å²) in [4.78, 5) is 12.1.